The smallest absolute Gasteiger partial charge is 0.000123 e. The molecule has 0 heterocycles. The second-order valence-electron chi connectivity index (χ2n) is 14.1. The van der Waals surface area contributed by atoms with Gasteiger partial charge in [0.15, 0.2) is 0 Å². The van der Waals surface area contributed by atoms with Gasteiger partial charge in [0, 0.05) is 0 Å². The van der Waals surface area contributed by atoms with E-state index in [1.54, 1.807) is 0 Å². The van der Waals surface area contributed by atoms with Gasteiger partial charge >= 0.3 is 0 Å². The lowest BCUT2D eigenvalue weighted by molar-refractivity contribution is 0.970. The highest BCUT2D eigenvalue weighted by Crippen LogP contribution is 2.39. The van der Waals surface area contributed by atoms with Crippen molar-refractivity contribution in [3.05, 3.63) is 209 Å². The molecule has 8 rings (SSSR count). The fraction of sp³-hybridized carbons (Fsp3) is 0.115. The Labute approximate surface area is 308 Å². The molecule has 1 aliphatic rings. The zero-order valence-electron chi connectivity index (χ0n) is 30.3. The minimum absolute atomic E-state index is 0.256. The summed E-state index contributed by atoms with van der Waals surface area (Å²) in [4.78, 5) is 0. The predicted molar refractivity (Wildman–Crippen MR) is 226 cm³/mol. The highest BCUT2D eigenvalue weighted by Gasteiger charge is 2.17. The van der Waals surface area contributed by atoms with Gasteiger partial charge in [-0.1, -0.05) is 195 Å². The van der Waals surface area contributed by atoms with Crippen LogP contribution in [-0.2, 0) is 6.42 Å². The summed E-state index contributed by atoms with van der Waals surface area (Å²) < 4.78 is 0. The van der Waals surface area contributed by atoms with E-state index in [0.717, 1.165) is 12.8 Å². The molecule has 1 atom stereocenters. The zero-order valence-corrected chi connectivity index (χ0v) is 30.3. The quantitative estimate of drug-likeness (QED) is 0.112. The molecule has 0 aromatic heterocycles. The van der Waals surface area contributed by atoms with Gasteiger partial charge in [-0.3, -0.25) is 0 Å². The number of hydrogen-bond acceptors (Lipinski definition) is 0. The third kappa shape index (κ3) is 6.61. The van der Waals surface area contributed by atoms with Crippen LogP contribution in [0.15, 0.2) is 182 Å². The summed E-state index contributed by atoms with van der Waals surface area (Å²) in [5.74, 6) is 0.256. The Morgan fingerprint density at radius 2 is 1.29 bits per heavy atom. The van der Waals surface area contributed by atoms with Crippen molar-refractivity contribution >= 4 is 38.8 Å². The fourth-order valence-electron chi connectivity index (χ4n) is 7.84. The van der Waals surface area contributed by atoms with Crippen LogP contribution in [0.4, 0.5) is 0 Å². The SMILES string of the molecule is CCC1=CC=Cc2c(c3ccc(-c4ccc(-c5ccccc5C(C=C(C)c5ccccc5)=CC(C)c5ccccc5)cc4)cc3c3ccccc23)C1. The molecule has 0 spiro atoms. The third-order valence-corrected chi connectivity index (χ3v) is 10.8. The summed E-state index contributed by atoms with van der Waals surface area (Å²) >= 11 is 0. The van der Waals surface area contributed by atoms with E-state index < -0.39 is 0 Å². The molecular weight excluding hydrogens is 625 g/mol. The van der Waals surface area contributed by atoms with Crippen molar-refractivity contribution in [2.24, 2.45) is 0 Å². The van der Waals surface area contributed by atoms with E-state index in [-0.39, 0.29) is 5.92 Å². The van der Waals surface area contributed by atoms with Gasteiger partial charge < -0.3 is 0 Å². The maximum atomic E-state index is 2.42. The molecular formula is C52H44. The molecule has 0 aliphatic heterocycles. The predicted octanol–water partition coefficient (Wildman–Crippen LogP) is 14.5. The third-order valence-electron chi connectivity index (χ3n) is 10.8. The van der Waals surface area contributed by atoms with E-state index in [4.69, 9.17) is 0 Å². The molecule has 0 N–H and O–H groups in total. The summed E-state index contributed by atoms with van der Waals surface area (Å²) in [6.07, 6.45) is 13.7. The van der Waals surface area contributed by atoms with Gasteiger partial charge in [-0.15, -0.1) is 0 Å². The highest BCUT2D eigenvalue weighted by atomic mass is 14.2. The average molecular weight is 669 g/mol. The minimum atomic E-state index is 0.256. The lowest BCUT2D eigenvalue weighted by atomic mass is 9.87. The second-order valence-corrected chi connectivity index (χ2v) is 14.1. The van der Waals surface area contributed by atoms with Gasteiger partial charge in [-0.2, -0.15) is 0 Å². The van der Waals surface area contributed by atoms with Crippen LogP contribution in [0, 0.1) is 0 Å². The summed E-state index contributed by atoms with van der Waals surface area (Å²) in [6, 6.07) is 55.5. The van der Waals surface area contributed by atoms with Crippen LogP contribution in [-0.4, -0.2) is 0 Å². The molecule has 7 aromatic carbocycles. The van der Waals surface area contributed by atoms with E-state index in [1.807, 2.05) is 0 Å². The Morgan fingerprint density at radius 1 is 0.635 bits per heavy atom. The average Bonchev–Trinajstić information content (AvgIpc) is 3.44. The molecule has 0 saturated heterocycles. The summed E-state index contributed by atoms with van der Waals surface area (Å²) in [5, 5.41) is 5.33. The van der Waals surface area contributed by atoms with Crippen LogP contribution in [0.1, 0.15) is 60.9 Å². The van der Waals surface area contributed by atoms with E-state index >= 15 is 0 Å². The second kappa shape index (κ2) is 14.7. The number of benzene rings is 7. The van der Waals surface area contributed by atoms with Crippen LogP contribution < -0.4 is 0 Å². The molecule has 0 heteroatoms. The van der Waals surface area contributed by atoms with Crippen LogP contribution in [0.2, 0.25) is 0 Å². The van der Waals surface area contributed by atoms with Gasteiger partial charge in [-0.05, 0) is 115 Å². The zero-order chi connectivity index (χ0) is 35.4. The molecule has 1 unspecified atom stereocenters. The lowest BCUT2D eigenvalue weighted by Gasteiger charge is -2.17. The lowest BCUT2D eigenvalue weighted by Crippen LogP contribution is -1.96. The fourth-order valence-corrected chi connectivity index (χ4v) is 7.84. The van der Waals surface area contributed by atoms with Gasteiger partial charge in [0.25, 0.3) is 0 Å². The minimum Gasteiger partial charge on any atom is -0.0694 e. The van der Waals surface area contributed by atoms with Gasteiger partial charge in [0.05, 0.1) is 0 Å². The van der Waals surface area contributed by atoms with Crippen molar-refractivity contribution in [1.82, 2.24) is 0 Å². The molecule has 0 bridgehead atoms. The van der Waals surface area contributed by atoms with Crippen molar-refractivity contribution in [1.29, 1.82) is 0 Å². The Hall–Kier alpha value is -5.98. The van der Waals surface area contributed by atoms with Crippen LogP contribution in [0.5, 0.6) is 0 Å². The topological polar surface area (TPSA) is 0 Å². The first-order chi connectivity index (χ1) is 25.6. The van der Waals surface area contributed by atoms with Crippen molar-refractivity contribution in [3.8, 4) is 22.3 Å². The van der Waals surface area contributed by atoms with Crippen molar-refractivity contribution in [2.75, 3.05) is 0 Å². The largest absolute Gasteiger partial charge is 0.0694 e. The first kappa shape index (κ1) is 33.2. The van der Waals surface area contributed by atoms with E-state index in [9.17, 15) is 0 Å². The standard InChI is InChI=1S/C52H44/c1-4-38-16-15-25-49-47-23-13-14-24-48(47)52-35-43(30-31-50(52)51(49)34-38)41-26-28-42(29-27-41)45-21-11-12-22-46(45)44(32-36(2)39-17-7-5-8-18-39)33-37(3)40-19-9-6-10-20-40/h5-33,35-36H,4,34H2,1-3H3. The number of rotatable bonds is 8. The van der Waals surface area contributed by atoms with Gasteiger partial charge in [0.1, 0.15) is 0 Å². The Bertz CT molecular complexity index is 2500. The van der Waals surface area contributed by atoms with E-state index in [1.165, 1.54) is 88.3 Å². The highest BCUT2D eigenvalue weighted by molar-refractivity contribution is 6.14. The van der Waals surface area contributed by atoms with Crippen molar-refractivity contribution in [3.63, 3.8) is 0 Å². The number of fused-ring (bicyclic) bond motifs is 6. The van der Waals surface area contributed by atoms with E-state index in [2.05, 4.69) is 203 Å². The molecule has 0 saturated carbocycles. The van der Waals surface area contributed by atoms with Crippen molar-refractivity contribution < 1.29 is 0 Å². The summed E-state index contributed by atoms with van der Waals surface area (Å²) in [7, 11) is 0. The first-order valence-corrected chi connectivity index (χ1v) is 18.6. The normalized spacial score (nSPS) is 13.9. The van der Waals surface area contributed by atoms with E-state index in [0.29, 0.717) is 0 Å². The molecule has 52 heavy (non-hydrogen) atoms. The molecule has 0 fully saturated rings. The van der Waals surface area contributed by atoms with Crippen LogP contribution in [0.25, 0.3) is 61.0 Å². The monoisotopic (exact) mass is 668 g/mol. The molecule has 7 aromatic rings. The number of hydrogen-bond donors (Lipinski definition) is 0. The summed E-state index contributed by atoms with van der Waals surface area (Å²) in [5.41, 5.74) is 15.5. The van der Waals surface area contributed by atoms with Gasteiger partial charge in [0.2, 0.25) is 0 Å². The Balaban J connectivity index is 1.19. The van der Waals surface area contributed by atoms with Crippen LogP contribution in [0.3, 0.4) is 0 Å². The molecule has 0 nitrogen and oxygen atoms in total. The van der Waals surface area contributed by atoms with Gasteiger partial charge in [-0.25, -0.2) is 0 Å². The molecule has 1 aliphatic carbocycles. The maximum absolute atomic E-state index is 2.42. The molecule has 0 amide bonds. The Morgan fingerprint density at radius 3 is 2.06 bits per heavy atom. The molecule has 0 radical (unpaired) electrons. The summed E-state index contributed by atoms with van der Waals surface area (Å²) in [6.45, 7) is 6.77. The maximum Gasteiger partial charge on any atom is -0.000123 e. The molecule has 252 valence electrons. The number of allylic oxidation sites excluding steroid dienone is 7. The first-order valence-electron chi connectivity index (χ1n) is 18.6. The van der Waals surface area contributed by atoms with Crippen LogP contribution >= 0.6 is 0 Å². The van der Waals surface area contributed by atoms with Crippen molar-refractivity contribution in [2.45, 2.75) is 39.5 Å². The Kier molecular flexibility index (Phi) is 9.38.